The van der Waals surface area contributed by atoms with Gasteiger partial charge in [0.1, 0.15) is 0 Å². The van der Waals surface area contributed by atoms with Crippen molar-refractivity contribution in [2.24, 2.45) is 0 Å². The number of amides is 2. The van der Waals surface area contributed by atoms with Crippen LogP contribution in [0.4, 0.5) is 4.79 Å². The lowest BCUT2D eigenvalue weighted by Crippen LogP contribution is -2.17. The molecule has 0 radical (unpaired) electrons. The Morgan fingerprint density at radius 3 is 2.62 bits per heavy atom. The number of carbonyl (C=O) groups is 2. The second-order valence-corrected chi connectivity index (χ2v) is 5.67. The summed E-state index contributed by atoms with van der Waals surface area (Å²) in [6, 6.07) is 5.42. The average Bonchev–Trinajstić information content (AvgIpc) is 2.71. The highest BCUT2D eigenvalue weighted by atomic mass is 32.2. The van der Waals surface area contributed by atoms with Gasteiger partial charge in [0.15, 0.2) is 11.5 Å². The van der Waals surface area contributed by atoms with Crippen LogP contribution in [-0.4, -0.2) is 23.9 Å². The van der Waals surface area contributed by atoms with E-state index in [4.69, 9.17) is 9.47 Å². The number of nitrogens with one attached hydrogen (secondary N) is 1. The van der Waals surface area contributed by atoms with Crippen molar-refractivity contribution in [3.63, 3.8) is 0 Å². The van der Waals surface area contributed by atoms with Crippen molar-refractivity contribution in [1.82, 2.24) is 5.32 Å². The Morgan fingerprint density at radius 2 is 2.05 bits per heavy atom. The summed E-state index contributed by atoms with van der Waals surface area (Å²) in [6.45, 7) is 6.29. The van der Waals surface area contributed by atoms with Crippen molar-refractivity contribution >= 4 is 29.0 Å². The van der Waals surface area contributed by atoms with Gasteiger partial charge < -0.3 is 9.47 Å². The number of hydrogen-bond acceptors (Lipinski definition) is 5. The van der Waals surface area contributed by atoms with Crippen LogP contribution < -0.4 is 14.8 Å². The van der Waals surface area contributed by atoms with Crippen LogP contribution in [0.5, 0.6) is 11.5 Å². The molecule has 1 saturated heterocycles. The fourth-order valence-electron chi connectivity index (χ4n) is 1.81. The van der Waals surface area contributed by atoms with Gasteiger partial charge in [0.05, 0.1) is 17.6 Å². The van der Waals surface area contributed by atoms with Crippen LogP contribution in [0, 0.1) is 0 Å². The molecular formula is C15H17NO4S. The first kappa shape index (κ1) is 15.4. The number of thioether (sulfide) groups is 1. The largest absolute Gasteiger partial charge is 0.490 e. The van der Waals surface area contributed by atoms with E-state index >= 15 is 0 Å². The third kappa shape index (κ3) is 4.01. The summed E-state index contributed by atoms with van der Waals surface area (Å²) in [5.74, 6) is 0.911. The van der Waals surface area contributed by atoms with Crippen LogP contribution >= 0.6 is 11.8 Å². The normalized spacial score (nSPS) is 16.5. The molecule has 21 heavy (non-hydrogen) atoms. The van der Waals surface area contributed by atoms with Gasteiger partial charge in [-0.25, -0.2) is 0 Å². The van der Waals surface area contributed by atoms with Gasteiger partial charge in [0, 0.05) is 0 Å². The third-order valence-electron chi connectivity index (χ3n) is 2.57. The van der Waals surface area contributed by atoms with Gasteiger partial charge in [-0.1, -0.05) is 6.07 Å². The molecule has 112 valence electrons. The molecule has 0 bridgehead atoms. The van der Waals surface area contributed by atoms with E-state index in [0.29, 0.717) is 23.0 Å². The van der Waals surface area contributed by atoms with E-state index in [-0.39, 0.29) is 17.3 Å². The summed E-state index contributed by atoms with van der Waals surface area (Å²) in [4.78, 5) is 23.1. The lowest BCUT2D eigenvalue weighted by atomic mass is 10.2. The van der Waals surface area contributed by atoms with Gasteiger partial charge in [0.25, 0.3) is 11.1 Å². The van der Waals surface area contributed by atoms with E-state index in [1.807, 2.05) is 26.8 Å². The maximum atomic E-state index is 11.5. The minimum absolute atomic E-state index is 0.0437. The van der Waals surface area contributed by atoms with Gasteiger partial charge >= 0.3 is 0 Å². The molecule has 0 spiro atoms. The smallest absolute Gasteiger partial charge is 0.290 e. The predicted molar refractivity (Wildman–Crippen MR) is 82.5 cm³/mol. The SMILES string of the molecule is CCOc1cc(C=C2SC(=O)NC2=O)ccc1OC(C)C. The Morgan fingerprint density at radius 1 is 1.29 bits per heavy atom. The topological polar surface area (TPSA) is 64.6 Å². The minimum atomic E-state index is -0.370. The molecule has 6 heteroatoms. The molecule has 1 aromatic carbocycles. The minimum Gasteiger partial charge on any atom is -0.490 e. The highest BCUT2D eigenvalue weighted by molar-refractivity contribution is 8.18. The molecule has 0 unspecified atom stereocenters. The zero-order valence-corrected chi connectivity index (χ0v) is 13.0. The molecule has 2 rings (SSSR count). The number of rotatable bonds is 5. The van der Waals surface area contributed by atoms with Gasteiger partial charge in [-0.3, -0.25) is 14.9 Å². The molecule has 1 aliphatic rings. The summed E-state index contributed by atoms with van der Waals surface area (Å²) < 4.78 is 11.2. The molecule has 5 nitrogen and oxygen atoms in total. The Hall–Kier alpha value is -1.95. The van der Waals surface area contributed by atoms with E-state index in [1.165, 1.54) is 0 Å². The third-order valence-corrected chi connectivity index (χ3v) is 3.38. The van der Waals surface area contributed by atoms with Crippen LogP contribution in [0.2, 0.25) is 0 Å². The Kier molecular flexibility index (Phi) is 4.90. The number of carbonyl (C=O) groups excluding carboxylic acids is 2. The molecule has 2 amide bonds. The number of benzene rings is 1. The van der Waals surface area contributed by atoms with Gasteiger partial charge in [-0.2, -0.15) is 0 Å². The molecule has 0 saturated carbocycles. The van der Waals surface area contributed by atoms with Gasteiger partial charge in [0.2, 0.25) is 0 Å². The predicted octanol–water partition coefficient (Wildman–Crippen LogP) is 3.20. The van der Waals surface area contributed by atoms with E-state index < -0.39 is 0 Å². The number of imide groups is 1. The van der Waals surface area contributed by atoms with Crippen molar-refractivity contribution in [3.05, 3.63) is 28.7 Å². The highest BCUT2D eigenvalue weighted by Crippen LogP contribution is 2.32. The fraction of sp³-hybridized carbons (Fsp3) is 0.333. The Bertz CT molecular complexity index is 595. The van der Waals surface area contributed by atoms with E-state index in [9.17, 15) is 9.59 Å². The average molecular weight is 307 g/mol. The monoisotopic (exact) mass is 307 g/mol. The first-order valence-corrected chi connectivity index (χ1v) is 7.49. The number of hydrogen-bond donors (Lipinski definition) is 1. The second kappa shape index (κ2) is 6.67. The molecule has 1 aliphatic heterocycles. The van der Waals surface area contributed by atoms with Crippen LogP contribution in [0.3, 0.4) is 0 Å². The zero-order chi connectivity index (χ0) is 15.4. The van der Waals surface area contributed by atoms with Crippen LogP contribution in [0.15, 0.2) is 23.1 Å². The Balaban J connectivity index is 2.29. The van der Waals surface area contributed by atoms with Crippen LogP contribution in [0.1, 0.15) is 26.3 Å². The Labute approximate surface area is 127 Å². The summed E-state index contributed by atoms with van der Waals surface area (Å²) in [6.07, 6.45) is 1.70. The standard InChI is InChI=1S/C15H17NO4S/c1-4-19-12-7-10(5-6-11(12)20-9(2)3)8-13-14(17)16-15(18)21-13/h5-9H,4H2,1-3H3,(H,16,17,18). The molecular weight excluding hydrogens is 290 g/mol. The summed E-state index contributed by atoms with van der Waals surface area (Å²) in [7, 11) is 0. The molecule has 0 atom stereocenters. The molecule has 1 N–H and O–H groups in total. The van der Waals surface area contributed by atoms with Crippen LogP contribution in [-0.2, 0) is 4.79 Å². The van der Waals surface area contributed by atoms with E-state index in [0.717, 1.165) is 17.3 Å². The van der Waals surface area contributed by atoms with E-state index in [2.05, 4.69) is 5.32 Å². The molecule has 1 heterocycles. The quantitative estimate of drug-likeness (QED) is 0.846. The maximum Gasteiger partial charge on any atom is 0.290 e. The number of ether oxygens (including phenoxy) is 2. The van der Waals surface area contributed by atoms with E-state index in [1.54, 1.807) is 18.2 Å². The summed E-state index contributed by atoms with van der Waals surface area (Å²) >= 11 is 0.892. The van der Waals surface area contributed by atoms with Crippen molar-refractivity contribution in [3.8, 4) is 11.5 Å². The lowest BCUT2D eigenvalue weighted by molar-refractivity contribution is -0.115. The first-order chi connectivity index (χ1) is 9.99. The van der Waals surface area contributed by atoms with Crippen molar-refractivity contribution in [1.29, 1.82) is 0 Å². The maximum absolute atomic E-state index is 11.5. The van der Waals surface area contributed by atoms with Crippen molar-refractivity contribution in [2.75, 3.05) is 6.61 Å². The molecule has 0 aliphatic carbocycles. The first-order valence-electron chi connectivity index (χ1n) is 6.68. The van der Waals surface area contributed by atoms with Gasteiger partial charge in [-0.15, -0.1) is 0 Å². The molecule has 1 aromatic rings. The van der Waals surface area contributed by atoms with Crippen LogP contribution in [0.25, 0.3) is 6.08 Å². The van der Waals surface area contributed by atoms with Gasteiger partial charge in [-0.05, 0) is 56.3 Å². The van der Waals surface area contributed by atoms with Crippen molar-refractivity contribution < 1.29 is 19.1 Å². The second-order valence-electron chi connectivity index (χ2n) is 4.66. The summed E-state index contributed by atoms with van der Waals surface area (Å²) in [5, 5.41) is 1.87. The molecule has 1 fully saturated rings. The highest BCUT2D eigenvalue weighted by Gasteiger charge is 2.25. The van der Waals surface area contributed by atoms with Crippen molar-refractivity contribution in [2.45, 2.75) is 26.9 Å². The lowest BCUT2D eigenvalue weighted by Gasteiger charge is -2.15. The fourth-order valence-corrected chi connectivity index (χ4v) is 2.49. The summed E-state index contributed by atoms with van der Waals surface area (Å²) in [5.41, 5.74) is 0.780. The zero-order valence-electron chi connectivity index (χ0n) is 12.1. The molecule has 0 aromatic heterocycles.